The Bertz CT molecular complexity index is 419. The van der Waals surface area contributed by atoms with Gasteiger partial charge in [-0.25, -0.2) is 0 Å². The number of hydrogen-bond donors (Lipinski definition) is 0. The molecule has 1 amide bonds. The first-order valence-corrected chi connectivity index (χ1v) is 14.4. The van der Waals surface area contributed by atoms with Crippen LogP contribution in [-0.4, -0.2) is 40.2 Å². The van der Waals surface area contributed by atoms with Crippen molar-refractivity contribution in [2.24, 2.45) is 5.92 Å². The van der Waals surface area contributed by atoms with Crippen LogP contribution in [0, 0.1) is 5.92 Å². The fourth-order valence-corrected chi connectivity index (χ4v) is 5.57. The highest BCUT2D eigenvalue weighted by Gasteiger charge is 2.50. The molecule has 0 aromatic rings. The second-order valence-electron chi connectivity index (χ2n) is 9.85. The Balaban J connectivity index is 2.50. The summed E-state index contributed by atoms with van der Waals surface area (Å²) in [4.78, 5) is 12.5. The van der Waals surface area contributed by atoms with Crippen LogP contribution in [-0.2, 0) is 9.22 Å². The molecule has 0 spiro atoms. The minimum Gasteiger partial charge on any atom is -0.417 e. The molecule has 0 aromatic heterocycles. The van der Waals surface area contributed by atoms with Crippen LogP contribution in [0.2, 0.25) is 36.3 Å². The summed E-state index contributed by atoms with van der Waals surface area (Å²) in [5, 5.41) is 0.467. The molecule has 1 saturated heterocycles. The molecule has 0 bridgehead atoms. The Hall–Kier alpha value is -0.136. The molecule has 0 aromatic carbocycles. The molecule has 1 aliphatic heterocycles. The quantitative estimate of drug-likeness (QED) is 0.527. The van der Waals surface area contributed by atoms with E-state index >= 15 is 0 Å². The number of amides is 1. The van der Waals surface area contributed by atoms with Crippen molar-refractivity contribution in [3.8, 4) is 0 Å². The predicted octanol–water partition coefficient (Wildman–Crippen LogP) is 4.86. The van der Waals surface area contributed by atoms with Crippen LogP contribution in [0.3, 0.4) is 0 Å². The van der Waals surface area contributed by atoms with Crippen LogP contribution < -0.4 is 0 Å². The summed E-state index contributed by atoms with van der Waals surface area (Å²) >= 11 is 0. The zero-order chi connectivity index (χ0) is 17.6. The van der Waals surface area contributed by atoms with Crippen molar-refractivity contribution in [1.82, 2.24) is 4.57 Å². The molecule has 0 radical (unpaired) electrons. The van der Waals surface area contributed by atoms with Crippen molar-refractivity contribution < 1.29 is 9.22 Å². The van der Waals surface area contributed by atoms with Crippen LogP contribution in [0.4, 0.5) is 0 Å². The molecule has 0 saturated carbocycles. The van der Waals surface area contributed by atoms with E-state index in [0.29, 0.717) is 5.91 Å². The highest BCUT2D eigenvalue weighted by atomic mass is 28.4. The van der Waals surface area contributed by atoms with Gasteiger partial charge in [0.2, 0.25) is 5.91 Å². The van der Waals surface area contributed by atoms with E-state index in [1.54, 1.807) is 0 Å². The zero-order valence-electron chi connectivity index (χ0n) is 16.5. The summed E-state index contributed by atoms with van der Waals surface area (Å²) in [5.41, 5.74) is 0. The summed E-state index contributed by atoms with van der Waals surface area (Å²) in [6, 6.07) is 0. The molecular weight excluding hydrogens is 306 g/mol. The van der Waals surface area contributed by atoms with Gasteiger partial charge in [-0.3, -0.25) is 4.79 Å². The minimum absolute atomic E-state index is 0.193. The fraction of sp³-hybridized carbons (Fsp3) is 0.941. The van der Waals surface area contributed by atoms with Crippen molar-refractivity contribution in [3.63, 3.8) is 0 Å². The minimum atomic E-state index is -1.68. The van der Waals surface area contributed by atoms with Gasteiger partial charge in [-0.2, -0.15) is 0 Å². The summed E-state index contributed by atoms with van der Waals surface area (Å²) in [6.45, 7) is 24.4. The molecule has 1 rings (SSSR count). The van der Waals surface area contributed by atoms with Crippen molar-refractivity contribution in [3.05, 3.63) is 0 Å². The van der Waals surface area contributed by atoms with E-state index in [4.69, 9.17) is 4.43 Å². The average Bonchev–Trinajstić information content (AvgIpc) is 2.28. The first kappa shape index (κ1) is 19.9. The lowest BCUT2D eigenvalue weighted by molar-refractivity contribution is -0.142. The van der Waals surface area contributed by atoms with Gasteiger partial charge in [-0.05, 0) is 29.6 Å². The molecular formula is C17H37NO2Si2. The second kappa shape index (κ2) is 6.06. The standard InChI is InChI=1S/C17H37NO2Si2/c1-16(2,3)21(7,8)18-13-14(15(18)19)11-12-20-22(9,10)17(4,5)6/h14H,11-13H2,1-10H3. The van der Waals surface area contributed by atoms with E-state index in [1.807, 2.05) is 0 Å². The van der Waals surface area contributed by atoms with E-state index in [9.17, 15) is 4.79 Å². The van der Waals surface area contributed by atoms with Gasteiger partial charge in [0.25, 0.3) is 0 Å². The third-order valence-corrected chi connectivity index (χ3v) is 16.2. The smallest absolute Gasteiger partial charge is 0.219 e. The second-order valence-corrected chi connectivity index (χ2v) is 19.8. The van der Waals surface area contributed by atoms with E-state index in [0.717, 1.165) is 19.6 Å². The van der Waals surface area contributed by atoms with Crippen molar-refractivity contribution >= 4 is 22.5 Å². The maximum Gasteiger partial charge on any atom is 0.219 e. The molecule has 3 nitrogen and oxygen atoms in total. The molecule has 0 N–H and O–H groups in total. The molecule has 1 aliphatic rings. The lowest BCUT2D eigenvalue weighted by atomic mass is 9.99. The van der Waals surface area contributed by atoms with Crippen LogP contribution in [0.1, 0.15) is 48.0 Å². The molecule has 1 heterocycles. The lowest BCUT2D eigenvalue weighted by Crippen LogP contribution is -2.67. The summed E-state index contributed by atoms with van der Waals surface area (Å²) in [5.74, 6) is 0.560. The Morgan fingerprint density at radius 1 is 1.05 bits per heavy atom. The van der Waals surface area contributed by atoms with Gasteiger partial charge in [-0.1, -0.05) is 54.6 Å². The first-order valence-electron chi connectivity index (χ1n) is 8.57. The highest BCUT2D eigenvalue weighted by Crippen LogP contribution is 2.42. The third kappa shape index (κ3) is 3.85. The summed E-state index contributed by atoms with van der Waals surface area (Å²) < 4.78 is 8.40. The van der Waals surface area contributed by atoms with Gasteiger partial charge in [0.05, 0.1) is 5.92 Å². The van der Waals surface area contributed by atoms with Crippen molar-refractivity contribution in [2.45, 2.75) is 84.2 Å². The number of carbonyl (C=O) groups excluding carboxylic acids is 1. The molecule has 130 valence electrons. The molecule has 0 aliphatic carbocycles. The van der Waals surface area contributed by atoms with Gasteiger partial charge < -0.3 is 8.99 Å². The number of β-lactam (4-membered cyclic amide) rings is 1. The van der Waals surface area contributed by atoms with Gasteiger partial charge in [0, 0.05) is 13.2 Å². The number of hydrogen-bond acceptors (Lipinski definition) is 2. The van der Waals surface area contributed by atoms with Crippen molar-refractivity contribution in [1.29, 1.82) is 0 Å². The van der Waals surface area contributed by atoms with Gasteiger partial charge in [-0.15, -0.1) is 0 Å². The Labute approximate surface area is 140 Å². The molecule has 22 heavy (non-hydrogen) atoms. The summed E-state index contributed by atoms with van der Waals surface area (Å²) in [6.07, 6.45) is 0.885. The van der Waals surface area contributed by atoms with Gasteiger partial charge >= 0.3 is 0 Å². The lowest BCUT2D eigenvalue weighted by Gasteiger charge is -2.53. The van der Waals surface area contributed by atoms with E-state index < -0.39 is 16.6 Å². The Morgan fingerprint density at radius 3 is 1.91 bits per heavy atom. The molecule has 1 unspecified atom stereocenters. The highest BCUT2D eigenvalue weighted by molar-refractivity contribution is 6.79. The van der Waals surface area contributed by atoms with Crippen molar-refractivity contribution in [2.75, 3.05) is 13.2 Å². The summed E-state index contributed by atoms with van der Waals surface area (Å²) in [7, 11) is -3.36. The first-order chi connectivity index (χ1) is 9.61. The van der Waals surface area contributed by atoms with E-state index in [2.05, 4.69) is 72.3 Å². The van der Waals surface area contributed by atoms with E-state index in [1.165, 1.54) is 0 Å². The maximum absolute atomic E-state index is 12.5. The molecule has 5 heteroatoms. The van der Waals surface area contributed by atoms with Crippen LogP contribution in [0.25, 0.3) is 0 Å². The van der Waals surface area contributed by atoms with Crippen LogP contribution in [0.5, 0.6) is 0 Å². The van der Waals surface area contributed by atoms with Gasteiger partial charge in [0.15, 0.2) is 16.6 Å². The monoisotopic (exact) mass is 343 g/mol. The predicted molar refractivity (Wildman–Crippen MR) is 100 cm³/mol. The average molecular weight is 344 g/mol. The molecule has 1 fully saturated rings. The maximum atomic E-state index is 12.5. The van der Waals surface area contributed by atoms with Crippen LogP contribution in [0.15, 0.2) is 0 Å². The third-order valence-electron chi connectivity index (χ3n) is 6.26. The van der Waals surface area contributed by atoms with E-state index in [-0.39, 0.29) is 16.0 Å². The Morgan fingerprint density at radius 2 is 1.55 bits per heavy atom. The number of rotatable bonds is 5. The SMILES string of the molecule is CC(C)(C)[Si](C)(C)OCCC1CN([Si](C)(C)C(C)(C)C)C1=O. The number of nitrogens with zero attached hydrogens (tertiary/aromatic N) is 1. The number of carbonyl (C=O) groups is 1. The van der Waals surface area contributed by atoms with Gasteiger partial charge in [0.1, 0.15) is 0 Å². The topological polar surface area (TPSA) is 29.5 Å². The fourth-order valence-electron chi connectivity index (χ4n) is 2.29. The molecule has 1 atom stereocenters. The normalized spacial score (nSPS) is 21.1. The zero-order valence-corrected chi connectivity index (χ0v) is 18.5. The van der Waals surface area contributed by atoms with Crippen LogP contribution >= 0.6 is 0 Å². The Kier molecular flexibility index (Phi) is 5.48. The largest absolute Gasteiger partial charge is 0.417 e.